The minimum absolute atomic E-state index is 0.336. The largest absolute Gasteiger partial charge is 0.396 e. The number of hydrogen-bond donors (Lipinski definition) is 1. The van der Waals surface area contributed by atoms with Crippen molar-refractivity contribution >= 4 is 16.3 Å². The molecule has 2 heterocycles. The minimum atomic E-state index is 0.336. The molecule has 0 bridgehead atoms. The molecule has 0 aromatic carbocycles. The maximum atomic E-state index is 8.83. The highest BCUT2D eigenvalue weighted by Gasteiger charge is 2.22. The lowest BCUT2D eigenvalue weighted by molar-refractivity contribution is 0.263. The second kappa shape index (κ2) is 4.11. The Kier molecular flexibility index (Phi) is 2.86. The molecule has 1 aromatic heterocycles. The molecule has 1 fully saturated rings. The number of anilines is 1. The Morgan fingerprint density at radius 3 is 3.23 bits per heavy atom. The fourth-order valence-corrected chi connectivity index (χ4v) is 2.67. The standard InChI is InChI=1S/C10H15NOS/c12-6-4-9-3-5-11(8-9)10-2-1-7-13-10/h1-2,7,9,12H,3-6,8H2. The summed E-state index contributed by atoms with van der Waals surface area (Å²) in [6, 6.07) is 4.27. The molecule has 1 unspecified atom stereocenters. The fourth-order valence-electron chi connectivity index (χ4n) is 1.90. The molecule has 1 aromatic rings. The summed E-state index contributed by atoms with van der Waals surface area (Å²) in [5.41, 5.74) is 0. The van der Waals surface area contributed by atoms with Gasteiger partial charge in [-0.05, 0) is 36.3 Å². The van der Waals surface area contributed by atoms with Crippen LogP contribution in [0.2, 0.25) is 0 Å². The minimum Gasteiger partial charge on any atom is -0.396 e. The highest BCUT2D eigenvalue weighted by molar-refractivity contribution is 7.14. The number of rotatable bonds is 3. The monoisotopic (exact) mass is 197 g/mol. The first kappa shape index (κ1) is 9.03. The van der Waals surface area contributed by atoms with Crippen molar-refractivity contribution in [3.63, 3.8) is 0 Å². The van der Waals surface area contributed by atoms with E-state index < -0.39 is 0 Å². The molecule has 1 aliphatic heterocycles. The molecule has 0 aliphatic carbocycles. The van der Waals surface area contributed by atoms with E-state index in [4.69, 9.17) is 5.11 Å². The first-order valence-corrected chi connectivity index (χ1v) is 5.67. The third-order valence-corrected chi connectivity index (χ3v) is 3.57. The molecule has 0 amide bonds. The van der Waals surface area contributed by atoms with Crippen LogP contribution in [0.4, 0.5) is 5.00 Å². The van der Waals surface area contributed by atoms with E-state index in [0.717, 1.165) is 19.5 Å². The van der Waals surface area contributed by atoms with E-state index in [0.29, 0.717) is 12.5 Å². The SMILES string of the molecule is OCCC1CCN(c2cccs2)C1. The molecule has 13 heavy (non-hydrogen) atoms. The van der Waals surface area contributed by atoms with Crippen LogP contribution >= 0.6 is 11.3 Å². The van der Waals surface area contributed by atoms with Gasteiger partial charge in [0.05, 0.1) is 5.00 Å². The van der Waals surface area contributed by atoms with Crippen LogP contribution in [0.1, 0.15) is 12.8 Å². The fraction of sp³-hybridized carbons (Fsp3) is 0.600. The van der Waals surface area contributed by atoms with Gasteiger partial charge in [0, 0.05) is 19.7 Å². The van der Waals surface area contributed by atoms with Crippen molar-refractivity contribution in [1.82, 2.24) is 0 Å². The van der Waals surface area contributed by atoms with Crippen LogP contribution in [0.3, 0.4) is 0 Å². The first-order valence-electron chi connectivity index (χ1n) is 4.79. The van der Waals surface area contributed by atoms with Crippen LogP contribution in [-0.4, -0.2) is 24.8 Å². The van der Waals surface area contributed by atoms with Gasteiger partial charge >= 0.3 is 0 Å². The van der Waals surface area contributed by atoms with Gasteiger partial charge in [-0.25, -0.2) is 0 Å². The van der Waals surface area contributed by atoms with Gasteiger partial charge in [-0.2, -0.15) is 0 Å². The molecule has 1 saturated heterocycles. The molecule has 0 radical (unpaired) electrons. The number of hydrogen-bond acceptors (Lipinski definition) is 3. The highest BCUT2D eigenvalue weighted by atomic mass is 32.1. The first-order chi connectivity index (χ1) is 6.40. The molecule has 1 N–H and O–H groups in total. The lowest BCUT2D eigenvalue weighted by atomic mass is 10.1. The van der Waals surface area contributed by atoms with Crippen LogP contribution in [-0.2, 0) is 0 Å². The Morgan fingerprint density at radius 2 is 2.54 bits per heavy atom. The zero-order chi connectivity index (χ0) is 9.10. The second-order valence-electron chi connectivity index (χ2n) is 3.56. The van der Waals surface area contributed by atoms with Crippen molar-refractivity contribution in [3.8, 4) is 0 Å². The summed E-state index contributed by atoms with van der Waals surface area (Å²) >= 11 is 1.80. The molecule has 2 rings (SSSR count). The molecule has 1 atom stereocenters. The van der Waals surface area contributed by atoms with Gasteiger partial charge in [0.2, 0.25) is 0 Å². The normalized spacial score (nSPS) is 22.5. The Hall–Kier alpha value is -0.540. The van der Waals surface area contributed by atoms with Gasteiger partial charge in [0.1, 0.15) is 0 Å². The maximum Gasteiger partial charge on any atom is 0.0908 e. The number of aliphatic hydroxyl groups is 1. The molecule has 3 heteroatoms. The maximum absolute atomic E-state index is 8.83. The van der Waals surface area contributed by atoms with Crippen molar-refractivity contribution in [2.45, 2.75) is 12.8 Å². The highest BCUT2D eigenvalue weighted by Crippen LogP contribution is 2.28. The van der Waals surface area contributed by atoms with Gasteiger partial charge in [-0.3, -0.25) is 0 Å². The lowest BCUT2D eigenvalue weighted by Crippen LogP contribution is -2.18. The number of thiophene rings is 1. The quantitative estimate of drug-likeness (QED) is 0.800. The van der Waals surface area contributed by atoms with E-state index in [1.54, 1.807) is 11.3 Å². The second-order valence-corrected chi connectivity index (χ2v) is 4.49. The topological polar surface area (TPSA) is 23.5 Å². The van der Waals surface area contributed by atoms with Crippen LogP contribution in [0.15, 0.2) is 17.5 Å². The van der Waals surface area contributed by atoms with E-state index >= 15 is 0 Å². The summed E-state index contributed by atoms with van der Waals surface area (Å²) in [4.78, 5) is 2.42. The van der Waals surface area contributed by atoms with Crippen molar-refractivity contribution in [3.05, 3.63) is 17.5 Å². The summed E-state index contributed by atoms with van der Waals surface area (Å²) in [6.45, 7) is 2.62. The summed E-state index contributed by atoms with van der Waals surface area (Å²) < 4.78 is 0. The van der Waals surface area contributed by atoms with Crippen LogP contribution in [0.5, 0.6) is 0 Å². The van der Waals surface area contributed by atoms with Gasteiger partial charge in [-0.15, -0.1) is 11.3 Å². The molecule has 2 nitrogen and oxygen atoms in total. The Morgan fingerprint density at radius 1 is 1.62 bits per heavy atom. The third-order valence-electron chi connectivity index (χ3n) is 2.64. The molecule has 0 spiro atoms. The van der Waals surface area contributed by atoms with Crippen LogP contribution < -0.4 is 4.90 Å². The van der Waals surface area contributed by atoms with Crippen molar-refractivity contribution < 1.29 is 5.11 Å². The summed E-state index contributed by atoms with van der Waals surface area (Å²) in [5, 5.41) is 12.3. The molecular formula is C10H15NOS. The van der Waals surface area contributed by atoms with Crippen LogP contribution in [0.25, 0.3) is 0 Å². The van der Waals surface area contributed by atoms with Gasteiger partial charge in [-0.1, -0.05) is 0 Å². The zero-order valence-electron chi connectivity index (χ0n) is 7.65. The molecule has 0 saturated carbocycles. The average molecular weight is 197 g/mol. The zero-order valence-corrected chi connectivity index (χ0v) is 8.46. The van der Waals surface area contributed by atoms with Crippen molar-refractivity contribution in [2.75, 3.05) is 24.6 Å². The summed E-state index contributed by atoms with van der Waals surface area (Å²) in [5.74, 6) is 0.701. The van der Waals surface area contributed by atoms with Crippen LogP contribution in [0, 0.1) is 5.92 Å². The predicted molar refractivity (Wildman–Crippen MR) is 56.3 cm³/mol. The van der Waals surface area contributed by atoms with Crippen molar-refractivity contribution in [1.29, 1.82) is 0 Å². The van der Waals surface area contributed by atoms with E-state index in [1.165, 1.54) is 11.4 Å². The van der Waals surface area contributed by atoms with Gasteiger partial charge < -0.3 is 10.0 Å². The third kappa shape index (κ3) is 2.03. The lowest BCUT2D eigenvalue weighted by Gasteiger charge is -2.15. The Balaban J connectivity index is 1.91. The molecule has 72 valence electrons. The number of aliphatic hydroxyl groups excluding tert-OH is 1. The molecular weight excluding hydrogens is 182 g/mol. The Bertz CT molecular complexity index is 247. The smallest absolute Gasteiger partial charge is 0.0908 e. The predicted octanol–water partition coefficient (Wildman–Crippen LogP) is 1.96. The van der Waals surface area contributed by atoms with Crippen molar-refractivity contribution in [2.24, 2.45) is 5.92 Å². The van der Waals surface area contributed by atoms with E-state index in [1.807, 2.05) is 0 Å². The summed E-state index contributed by atoms with van der Waals surface area (Å²) in [6.07, 6.45) is 2.19. The Labute approximate surface area is 82.8 Å². The van der Waals surface area contributed by atoms with E-state index in [-0.39, 0.29) is 0 Å². The number of nitrogens with zero attached hydrogens (tertiary/aromatic N) is 1. The summed E-state index contributed by atoms with van der Waals surface area (Å²) in [7, 11) is 0. The van der Waals surface area contributed by atoms with Gasteiger partial charge in [0.25, 0.3) is 0 Å². The van der Waals surface area contributed by atoms with Gasteiger partial charge in [0.15, 0.2) is 0 Å². The van der Waals surface area contributed by atoms with E-state index in [9.17, 15) is 0 Å². The average Bonchev–Trinajstić information content (AvgIpc) is 2.70. The molecule has 1 aliphatic rings. The van der Waals surface area contributed by atoms with E-state index in [2.05, 4.69) is 22.4 Å².